The number of aryl methyl sites for hydroxylation is 2. The molecule has 0 bridgehead atoms. The van der Waals surface area contributed by atoms with Gasteiger partial charge in [0.15, 0.2) is 0 Å². The molecule has 0 aliphatic carbocycles. The van der Waals surface area contributed by atoms with Crippen molar-refractivity contribution in [1.29, 1.82) is 0 Å². The van der Waals surface area contributed by atoms with Crippen molar-refractivity contribution in [2.24, 2.45) is 0 Å². The Morgan fingerprint density at radius 1 is 1.39 bits per heavy atom. The molecular formula is C17H25N3O2S. The van der Waals surface area contributed by atoms with Crippen molar-refractivity contribution in [2.45, 2.75) is 59.5 Å². The third-order valence-corrected chi connectivity index (χ3v) is 4.60. The summed E-state index contributed by atoms with van der Waals surface area (Å²) in [6, 6.07) is 1.86. The fraction of sp³-hybridized carbons (Fsp3) is 0.529. The molecule has 0 spiro atoms. The number of oxazole rings is 1. The minimum atomic E-state index is -0.226. The van der Waals surface area contributed by atoms with Gasteiger partial charge in [-0.2, -0.15) is 0 Å². The maximum Gasteiger partial charge on any atom is 0.315 e. The van der Waals surface area contributed by atoms with Gasteiger partial charge in [-0.25, -0.2) is 9.78 Å². The van der Waals surface area contributed by atoms with Gasteiger partial charge in [-0.05, 0) is 32.4 Å². The number of aromatic nitrogens is 1. The van der Waals surface area contributed by atoms with E-state index >= 15 is 0 Å². The third kappa shape index (κ3) is 4.58. The lowest BCUT2D eigenvalue weighted by atomic mass is 9.93. The molecule has 1 atom stereocenters. The van der Waals surface area contributed by atoms with Crippen LogP contribution in [0.4, 0.5) is 4.79 Å². The summed E-state index contributed by atoms with van der Waals surface area (Å²) in [5, 5.41) is 5.73. The van der Waals surface area contributed by atoms with Crippen molar-refractivity contribution in [2.75, 3.05) is 0 Å². The van der Waals surface area contributed by atoms with E-state index < -0.39 is 0 Å². The van der Waals surface area contributed by atoms with Gasteiger partial charge in [0.2, 0.25) is 5.89 Å². The SMILES string of the molecule is Cc1cc(C(C)NC(=O)NCc2nc(C(C)(C)C)co2)c(C)s1. The Morgan fingerprint density at radius 3 is 2.61 bits per heavy atom. The van der Waals surface area contributed by atoms with Gasteiger partial charge < -0.3 is 15.1 Å². The van der Waals surface area contributed by atoms with E-state index in [4.69, 9.17) is 4.42 Å². The molecule has 0 aromatic carbocycles. The lowest BCUT2D eigenvalue weighted by Gasteiger charge is -2.14. The van der Waals surface area contributed by atoms with Gasteiger partial charge in [-0.3, -0.25) is 0 Å². The Labute approximate surface area is 141 Å². The normalized spacial score (nSPS) is 13.0. The average Bonchev–Trinajstić information content (AvgIpc) is 3.02. The summed E-state index contributed by atoms with van der Waals surface area (Å²) < 4.78 is 5.40. The molecule has 6 heteroatoms. The summed E-state index contributed by atoms with van der Waals surface area (Å²) in [4.78, 5) is 18.9. The number of urea groups is 1. The highest BCUT2D eigenvalue weighted by Gasteiger charge is 2.19. The largest absolute Gasteiger partial charge is 0.447 e. The van der Waals surface area contributed by atoms with E-state index in [1.54, 1.807) is 17.6 Å². The van der Waals surface area contributed by atoms with Crippen LogP contribution in [0, 0.1) is 13.8 Å². The number of nitrogens with one attached hydrogen (secondary N) is 2. The van der Waals surface area contributed by atoms with Crippen LogP contribution in [0.15, 0.2) is 16.7 Å². The minimum absolute atomic E-state index is 0.0327. The Kier molecular flexibility index (Phi) is 5.14. The lowest BCUT2D eigenvalue weighted by Crippen LogP contribution is -2.36. The first kappa shape index (κ1) is 17.5. The molecule has 0 aliphatic heterocycles. The number of carbonyl (C=O) groups excluding carboxylic acids is 1. The van der Waals surface area contributed by atoms with Crippen LogP contribution in [-0.2, 0) is 12.0 Å². The van der Waals surface area contributed by atoms with Gasteiger partial charge in [0, 0.05) is 15.2 Å². The van der Waals surface area contributed by atoms with Gasteiger partial charge in [-0.1, -0.05) is 20.8 Å². The molecule has 0 saturated carbocycles. The second-order valence-corrected chi connectivity index (χ2v) is 8.25. The maximum absolute atomic E-state index is 12.0. The van der Waals surface area contributed by atoms with Crippen LogP contribution in [0.2, 0.25) is 0 Å². The molecule has 2 aromatic heterocycles. The van der Waals surface area contributed by atoms with Gasteiger partial charge in [0.05, 0.1) is 18.3 Å². The molecule has 2 rings (SSSR count). The molecule has 1 unspecified atom stereocenters. The smallest absolute Gasteiger partial charge is 0.315 e. The highest BCUT2D eigenvalue weighted by molar-refractivity contribution is 7.12. The molecule has 2 N–H and O–H groups in total. The predicted molar refractivity (Wildman–Crippen MR) is 92.8 cm³/mol. The first-order valence-corrected chi connectivity index (χ1v) is 8.54. The summed E-state index contributed by atoms with van der Waals surface area (Å²) in [5.41, 5.74) is 1.98. The van der Waals surface area contributed by atoms with Crippen molar-refractivity contribution in [3.05, 3.63) is 39.2 Å². The van der Waals surface area contributed by atoms with Gasteiger partial charge >= 0.3 is 6.03 Å². The molecule has 2 amide bonds. The van der Waals surface area contributed by atoms with E-state index in [1.165, 1.54) is 9.75 Å². The maximum atomic E-state index is 12.0. The standard InChI is InChI=1S/C17H25N3O2S/c1-10-7-13(12(3)23-10)11(2)19-16(21)18-8-15-20-14(9-22-15)17(4,5)6/h7,9,11H,8H2,1-6H3,(H2,18,19,21). The van der Waals surface area contributed by atoms with Crippen molar-refractivity contribution in [1.82, 2.24) is 15.6 Å². The van der Waals surface area contributed by atoms with Crippen LogP contribution in [-0.4, -0.2) is 11.0 Å². The van der Waals surface area contributed by atoms with Crippen molar-refractivity contribution >= 4 is 17.4 Å². The zero-order valence-corrected chi connectivity index (χ0v) is 15.4. The molecule has 0 fully saturated rings. The molecule has 0 aliphatic rings. The van der Waals surface area contributed by atoms with E-state index in [1.807, 2.05) is 6.92 Å². The second-order valence-electron chi connectivity index (χ2n) is 6.79. The summed E-state index contributed by atoms with van der Waals surface area (Å²) >= 11 is 1.74. The predicted octanol–water partition coefficient (Wildman–Crippen LogP) is 4.21. The van der Waals surface area contributed by atoms with Gasteiger partial charge in [0.25, 0.3) is 0 Å². The number of rotatable bonds is 4. The van der Waals surface area contributed by atoms with E-state index in [-0.39, 0.29) is 24.0 Å². The molecule has 2 aromatic rings. The Hall–Kier alpha value is -1.82. The number of hydrogen-bond donors (Lipinski definition) is 2. The topological polar surface area (TPSA) is 67.2 Å². The Balaban J connectivity index is 1.88. The first-order valence-electron chi connectivity index (χ1n) is 7.73. The van der Waals surface area contributed by atoms with Crippen LogP contribution in [0.5, 0.6) is 0 Å². The summed E-state index contributed by atoms with van der Waals surface area (Å²) in [6.07, 6.45) is 1.65. The fourth-order valence-corrected chi connectivity index (χ4v) is 3.32. The van der Waals surface area contributed by atoms with Crippen LogP contribution < -0.4 is 10.6 Å². The van der Waals surface area contributed by atoms with Crippen molar-refractivity contribution in [3.8, 4) is 0 Å². The number of carbonyl (C=O) groups is 1. The van der Waals surface area contributed by atoms with E-state index in [0.717, 1.165) is 11.3 Å². The van der Waals surface area contributed by atoms with Gasteiger partial charge in [-0.15, -0.1) is 11.3 Å². The van der Waals surface area contributed by atoms with Crippen LogP contribution >= 0.6 is 11.3 Å². The van der Waals surface area contributed by atoms with Crippen molar-refractivity contribution in [3.63, 3.8) is 0 Å². The van der Waals surface area contributed by atoms with E-state index in [0.29, 0.717) is 5.89 Å². The molecule has 0 radical (unpaired) electrons. The Bertz CT molecular complexity index is 682. The van der Waals surface area contributed by atoms with Gasteiger partial charge in [0.1, 0.15) is 6.26 Å². The zero-order chi connectivity index (χ0) is 17.2. The summed E-state index contributed by atoms with van der Waals surface area (Å²) in [5.74, 6) is 0.514. The van der Waals surface area contributed by atoms with Crippen LogP contribution in [0.1, 0.15) is 60.6 Å². The third-order valence-electron chi connectivity index (χ3n) is 3.61. The fourth-order valence-electron chi connectivity index (χ4n) is 2.30. The number of thiophene rings is 1. The molecule has 126 valence electrons. The molecule has 0 saturated heterocycles. The molecular weight excluding hydrogens is 310 g/mol. The molecule has 2 heterocycles. The lowest BCUT2D eigenvalue weighted by molar-refractivity contribution is 0.236. The summed E-state index contributed by atoms with van der Waals surface area (Å²) in [6.45, 7) is 12.6. The monoisotopic (exact) mass is 335 g/mol. The van der Waals surface area contributed by atoms with Crippen LogP contribution in [0.3, 0.4) is 0 Å². The molecule has 5 nitrogen and oxygen atoms in total. The highest BCUT2D eigenvalue weighted by atomic mass is 32.1. The van der Waals surface area contributed by atoms with E-state index in [9.17, 15) is 4.79 Å². The molecule has 23 heavy (non-hydrogen) atoms. The number of hydrogen-bond acceptors (Lipinski definition) is 4. The average molecular weight is 335 g/mol. The summed E-state index contributed by atoms with van der Waals surface area (Å²) in [7, 11) is 0. The zero-order valence-electron chi connectivity index (χ0n) is 14.6. The minimum Gasteiger partial charge on any atom is -0.447 e. The van der Waals surface area contributed by atoms with Crippen molar-refractivity contribution < 1.29 is 9.21 Å². The van der Waals surface area contributed by atoms with Crippen LogP contribution in [0.25, 0.3) is 0 Å². The number of nitrogens with zero attached hydrogens (tertiary/aromatic N) is 1. The number of amides is 2. The highest BCUT2D eigenvalue weighted by Crippen LogP contribution is 2.26. The quantitative estimate of drug-likeness (QED) is 0.879. The Morgan fingerprint density at radius 2 is 2.09 bits per heavy atom. The first-order chi connectivity index (χ1) is 10.7. The van der Waals surface area contributed by atoms with E-state index in [2.05, 4.69) is 56.3 Å². The second kappa shape index (κ2) is 6.74.